The van der Waals surface area contributed by atoms with Crippen molar-refractivity contribution in [3.63, 3.8) is 0 Å². The van der Waals surface area contributed by atoms with Crippen LogP contribution in [0.5, 0.6) is 0 Å². The molecule has 0 heterocycles. The summed E-state index contributed by atoms with van der Waals surface area (Å²) in [6.45, 7) is 8.38. The molecular weight excluding hydrogens is 200 g/mol. The van der Waals surface area contributed by atoms with Gasteiger partial charge in [0.15, 0.2) is 0 Å². The molecule has 0 aliphatic heterocycles. The lowest BCUT2D eigenvalue weighted by Gasteiger charge is -2.26. The first kappa shape index (κ1) is 12.4. The minimum atomic E-state index is -1.11. The van der Waals surface area contributed by atoms with Crippen LogP contribution in [0.15, 0.2) is 36.9 Å². The minimum Gasteiger partial charge on any atom is -0.299 e. The molecule has 0 aliphatic rings. The van der Waals surface area contributed by atoms with Crippen LogP contribution in [0.1, 0.15) is 26.3 Å². The van der Waals surface area contributed by atoms with Crippen molar-refractivity contribution >= 4 is 17.1 Å². The second-order valence-corrected chi connectivity index (χ2v) is 4.08. The Morgan fingerprint density at radius 1 is 1.06 bits per heavy atom. The summed E-state index contributed by atoms with van der Waals surface area (Å²) in [4.78, 5) is 23.3. The van der Waals surface area contributed by atoms with E-state index in [2.05, 4.69) is 6.58 Å². The maximum absolute atomic E-state index is 11.6. The monoisotopic (exact) mass is 216 g/mol. The predicted molar refractivity (Wildman–Crippen MR) is 64.9 cm³/mol. The lowest BCUT2D eigenvalue weighted by atomic mass is 9.73. The van der Waals surface area contributed by atoms with Crippen molar-refractivity contribution in [2.45, 2.75) is 20.8 Å². The first-order chi connectivity index (χ1) is 7.40. The Bertz CT molecular complexity index is 415. The summed E-state index contributed by atoms with van der Waals surface area (Å²) in [5.74, 6) is -0.345. The molecule has 2 nitrogen and oxygen atoms in total. The molecule has 0 atom stereocenters. The molecule has 0 N–H and O–H groups in total. The number of carbonyl (C=O) groups excluding carboxylic acids is 2. The molecule has 0 aliphatic carbocycles. The lowest BCUT2D eigenvalue weighted by Crippen LogP contribution is -2.34. The number of ketones is 2. The van der Waals surface area contributed by atoms with Gasteiger partial charge in [0.1, 0.15) is 17.0 Å². The Balaban J connectivity index is 3.22. The maximum atomic E-state index is 11.6. The average Bonchev–Trinajstić information content (AvgIpc) is 2.27. The van der Waals surface area contributed by atoms with Gasteiger partial charge in [0.05, 0.1) is 0 Å². The summed E-state index contributed by atoms with van der Waals surface area (Å²) < 4.78 is 0. The normalized spacial score (nSPS) is 10.9. The van der Waals surface area contributed by atoms with Crippen molar-refractivity contribution < 1.29 is 9.59 Å². The molecular formula is C14H16O2. The number of carbonyl (C=O) groups is 2. The van der Waals surface area contributed by atoms with Crippen LogP contribution >= 0.6 is 0 Å². The smallest absolute Gasteiger partial charge is 0.147 e. The molecule has 1 aromatic carbocycles. The van der Waals surface area contributed by atoms with Crippen LogP contribution in [-0.2, 0) is 9.59 Å². The van der Waals surface area contributed by atoms with Gasteiger partial charge in [-0.2, -0.15) is 0 Å². The van der Waals surface area contributed by atoms with Crippen molar-refractivity contribution in [1.82, 2.24) is 0 Å². The molecule has 2 heteroatoms. The molecule has 0 bridgehead atoms. The summed E-state index contributed by atoms with van der Waals surface area (Å²) in [7, 11) is 0. The Hall–Kier alpha value is -1.70. The van der Waals surface area contributed by atoms with Crippen molar-refractivity contribution in [3.8, 4) is 0 Å². The van der Waals surface area contributed by atoms with Gasteiger partial charge in [-0.25, -0.2) is 0 Å². The van der Waals surface area contributed by atoms with E-state index < -0.39 is 5.41 Å². The van der Waals surface area contributed by atoms with E-state index in [0.29, 0.717) is 5.57 Å². The second-order valence-electron chi connectivity index (χ2n) is 4.08. The fourth-order valence-corrected chi connectivity index (χ4v) is 1.60. The van der Waals surface area contributed by atoms with Gasteiger partial charge >= 0.3 is 0 Å². The molecule has 0 aromatic heterocycles. The molecule has 0 radical (unpaired) electrons. The van der Waals surface area contributed by atoms with Crippen molar-refractivity contribution in [2.75, 3.05) is 0 Å². The number of benzene rings is 1. The van der Waals surface area contributed by atoms with Gasteiger partial charge in [-0.05, 0) is 31.9 Å². The molecule has 84 valence electrons. The molecule has 0 fully saturated rings. The molecule has 0 unspecified atom stereocenters. The van der Waals surface area contributed by atoms with Crippen molar-refractivity contribution in [1.29, 1.82) is 0 Å². The summed E-state index contributed by atoms with van der Waals surface area (Å²) in [6, 6.07) is 9.32. The zero-order valence-electron chi connectivity index (χ0n) is 9.91. The van der Waals surface area contributed by atoms with Crippen LogP contribution in [0, 0.1) is 5.41 Å². The summed E-state index contributed by atoms with van der Waals surface area (Å²) in [5.41, 5.74) is 0.282. The highest BCUT2D eigenvalue weighted by atomic mass is 16.2. The fourth-order valence-electron chi connectivity index (χ4n) is 1.60. The quantitative estimate of drug-likeness (QED) is 0.725. The lowest BCUT2D eigenvalue weighted by molar-refractivity contribution is -0.133. The van der Waals surface area contributed by atoms with Gasteiger partial charge in [0.25, 0.3) is 0 Å². The van der Waals surface area contributed by atoms with Gasteiger partial charge in [-0.1, -0.05) is 36.9 Å². The van der Waals surface area contributed by atoms with Crippen LogP contribution in [-0.4, -0.2) is 11.6 Å². The van der Waals surface area contributed by atoms with Crippen molar-refractivity contribution in [3.05, 3.63) is 42.5 Å². The van der Waals surface area contributed by atoms with E-state index >= 15 is 0 Å². The second kappa shape index (κ2) is 4.44. The third-order valence-corrected chi connectivity index (χ3v) is 3.13. The van der Waals surface area contributed by atoms with E-state index in [-0.39, 0.29) is 11.6 Å². The Labute approximate surface area is 96.0 Å². The first-order valence-corrected chi connectivity index (χ1v) is 5.17. The SMILES string of the molecule is C=C(c1ccccc1)C(C)(C(C)=O)C(C)=O. The standard InChI is InChI=1S/C14H16O2/c1-10(13-8-6-5-7-9-13)14(4,11(2)15)12(3)16/h5-9H,1H2,2-4H3. The van der Waals surface area contributed by atoms with Crippen LogP contribution in [0.4, 0.5) is 0 Å². The van der Waals surface area contributed by atoms with E-state index in [9.17, 15) is 9.59 Å². The van der Waals surface area contributed by atoms with Gasteiger partial charge in [0, 0.05) is 0 Å². The minimum absolute atomic E-state index is 0.172. The zero-order chi connectivity index (χ0) is 12.3. The highest BCUT2D eigenvalue weighted by molar-refractivity contribution is 6.14. The van der Waals surface area contributed by atoms with E-state index in [1.807, 2.05) is 30.3 Å². The zero-order valence-corrected chi connectivity index (χ0v) is 9.91. The average molecular weight is 216 g/mol. The van der Waals surface area contributed by atoms with Crippen LogP contribution in [0.2, 0.25) is 0 Å². The summed E-state index contributed by atoms with van der Waals surface area (Å²) in [5, 5.41) is 0. The molecule has 0 saturated heterocycles. The Morgan fingerprint density at radius 2 is 1.50 bits per heavy atom. The van der Waals surface area contributed by atoms with Gasteiger partial charge in [-0.15, -0.1) is 0 Å². The topological polar surface area (TPSA) is 34.1 Å². The molecule has 0 saturated carbocycles. The number of Topliss-reactive ketones (excluding diaryl/α,β-unsaturated/α-hetero) is 2. The number of hydrogen-bond acceptors (Lipinski definition) is 2. The number of rotatable bonds is 4. The number of allylic oxidation sites excluding steroid dienone is 1. The van der Waals surface area contributed by atoms with E-state index in [0.717, 1.165) is 5.56 Å². The Morgan fingerprint density at radius 3 is 1.88 bits per heavy atom. The summed E-state index contributed by atoms with van der Waals surface area (Å²) >= 11 is 0. The molecule has 0 spiro atoms. The molecule has 0 amide bonds. The highest BCUT2D eigenvalue weighted by Crippen LogP contribution is 2.35. The maximum Gasteiger partial charge on any atom is 0.147 e. The van der Waals surface area contributed by atoms with Crippen LogP contribution in [0.3, 0.4) is 0 Å². The van der Waals surface area contributed by atoms with E-state index in [1.165, 1.54) is 13.8 Å². The van der Waals surface area contributed by atoms with Crippen LogP contribution in [0.25, 0.3) is 5.57 Å². The van der Waals surface area contributed by atoms with Gasteiger partial charge in [-0.3, -0.25) is 9.59 Å². The highest BCUT2D eigenvalue weighted by Gasteiger charge is 2.38. The van der Waals surface area contributed by atoms with Gasteiger partial charge < -0.3 is 0 Å². The summed E-state index contributed by atoms with van der Waals surface area (Å²) in [6.07, 6.45) is 0. The van der Waals surface area contributed by atoms with Crippen molar-refractivity contribution in [2.24, 2.45) is 5.41 Å². The number of hydrogen-bond donors (Lipinski definition) is 0. The van der Waals surface area contributed by atoms with E-state index in [4.69, 9.17) is 0 Å². The first-order valence-electron chi connectivity index (χ1n) is 5.17. The third-order valence-electron chi connectivity index (χ3n) is 3.13. The molecule has 1 aromatic rings. The Kier molecular flexibility index (Phi) is 3.43. The molecule has 16 heavy (non-hydrogen) atoms. The fraction of sp³-hybridized carbons (Fsp3) is 0.286. The largest absolute Gasteiger partial charge is 0.299 e. The van der Waals surface area contributed by atoms with Crippen LogP contribution < -0.4 is 0 Å². The molecule has 1 rings (SSSR count). The van der Waals surface area contributed by atoms with Gasteiger partial charge in [0.2, 0.25) is 0 Å². The third kappa shape index (κ3) is 1.96. The van der Waals surface area contributed by atoms with E-state index in [1.54, 1.807) is 6.92 Å². The predicted octanol–water partition coefficient (Wildman–Crippen LogP) is 2.88.